The average Bonchev–Trinajstić information content (AvgIpc) is 3.17. The van der Waals surface area contributed by atoms with Crippen LogP contribution in [0.2, 0.25) is 0 Å². The molecule has 4 aromatic rings. The summed E-state index contributed by atoms with van der Waals surface area (Å²) in [7, 11) is 0. The highest BCUT2D eigenvalue weighted by atomic mass is 19.1. The number of rotatable bonds is 6. The minimum atomic E-state index is -1.02. The summed E-state index contributed by atoms with van der Waals surface area (Å²) in [5.74, 6) is -2.22. The van der Waals surface area contributed by atoms with Crippen LogP contribution in [0.3, 0.4) is 0 Å². The van der Waals surface area contributed by atoms with E-state index in [1.54, 1.807) is 36.5 Å². The molecule has 0 saturated heterocycles. The van der Waals surface area contributed by atoms with Gasteiger partial charge in [-0.2, -0.15) is 0 Å². The van der Waals surface area contributed by atoms with Crippen molar-refractivity contribution in [2.75, 3.05) is 5.32 Å². The minimum absolute atomic E-state index is 0.0461. The molecule has 0 unspecified atom stereocenters. The molecule has 0 radical (unpaired) electrons. The van der Waals surface area contributed by atoms with Gasteiger partial charge in [-0.25, -0.2) is 23.7 Å². The first-order valence-corrected chi connectivity index (χ1v) is 10.4. The molecule has 33 heavy (non-hydrogen) atoms. The van der Waals surface area contributed by atoms with Gasteiger partial charge in [-0.1, -0.05) is 51.1 Å². The molecule has 0 aliphatic carbocycles. The number of aromatic amines is 1. The molecule has 170 valence electrons. The number of carboxylic acids is 1. The molecule has 0 aliphatic rings. The van der Waals surface area contributed by atoms with Gasteiger partial charge in [-0.3, -0.25) is 4.79 Å². The van der Waals surface area contributed by atoms with Gasteiger partial charge < -0.3 is 15.4 Å². The van der Waals surface area contributed by atoms with E-state index in [1.807, 2.05) is 20.8 Å². The van der Waals surface area contributed by atoms with Gasteiger partial charge in [0.2, 0.25) is 0 Å². The van der Waals surface area contributed by atoms with E-state index < -0.39 is 29.1 Å². The summed E-state index contributed by atoms with van der Waals surface area (Å²) in [6.45, 7) is 5.58. The van der Waals surface area contributed by atoms with Crippen LogP contribution in [0.25, 0.3) is 33.7 Å². The lowest BCUT2D eigenvalue weighted by Gasteiger charge is -2.31. The van der Waals surface area contributed by atoms with Crippen LogP contribution < -0.4 is 5.32 Å². The first-order valence-electron chi connectivity index (χ1n) is 10.4. The van der Waals surface area contributed by atoms with E-state index in [0.717, 1.165) is 6.20 Å². The fourth-order valence-corrected chi connectivity index (χ4v) is 3.53. The molecule has 0 fully saturated rings. The van der Waals surface area contributed by atoms with Crippen LogP contribution in [0.1, 0.15) is 27.2 Å². The number of aliphatic carboxylic acids is 1. The topological polar surface area (TPSA) is 104 Å². The summed E-state index contributed by atoms with van der Waals surface area (Å²) in [5.41, 5.74) is 0.953. The van der Waals surface area contributed by atoms with Gasteiger partial charge in [0.25, 0.3) is 0 Å². The van der Waals surface area contributed by atoms with Crippen molar-refractivity contribution in [3.05, 3.63) is 60.4 Å². The normalized spacial score (nSPS) is 12.6. The molecule has 3 aromatic heterocycles. The SMILES string of the molecule is CC(C)(C)[C@@H](CC(=O)O)Nc1nc(-c2c[nH]c3ncc(F)cc23)nc(-c2ccccc2)c1F. The fraction of sp³-hybridized carbons (Fsp3) is 0.250. The number of carbonyl (C=O) groups is 1. The number of carboxylic acid groups (broad SMARTS) is 1. The Bertz CT molecular complexity index is 1320. The van der Waals surface area contributed by atoms with Crippen LogP contribution in [0.4, 0.5) is 14.6 Å². The van der Waals surface area contributed by atoms with Gasteiger partial charge in [-0.15, -0.1) is 0 Å². The third-order valence-electron chi connectivity index (χ3n) is 5.37. The third-order valence-corrected chi connectivity index (χ3v) is 5.37. The summed E-state index contributed by atoms with van der Waals surface area (Å²) in [4.78, 5) is 27.2. The summed E-state index contributed by atoms with van der Waals surface area (Å²) >= 11 is 0. The van der Waals surface area contributed by atoms with Crippen molar-refractivity contribution in [3.8, 4) is 22.6 Å². The number of anilines is 1. The number of fused-ring (bicyclic) bond motifs is 1. The van der Waals surface area contributed by atoms with Crippen molar-refractivity contribution in [3.63, 3.8) is 0 Å². The van der Waals surface area contributed by atoms with Crippen molar-refractivity contribution in [2.24, 2.45) is 5.41 Å². The monoisotopic (exact) mass is 451 g/mol. The van der Waals surface area contributed by atoms with Gasteiger partial charge in [0.05, 0.1) is 12.6 Å². The highest BCUT2D eigenvalue weighted by molar-refractivity contribution is 5.92. The molecule has 3 heterocycles. The Labute approximate surface area is 188 Å². The quantitative estimate of drug-likeness (QED) is 0.369. The number of nitrogens with zero attached hydrogens (tertiary/aromatic N) is 3. The van der Waals surface area contributed by atoms with Crippen LogP contribution in [0, 0.1) is 17.0 Å². The summed E-state index contributed by atoms with van der Waals surface area (Å²) < 4.78 is 29.5. The minimum Gasteiger partial charge on any atom is -0.481 e. The van der Waals surface area contributed by atoms with Crippen molar-refractivity contribution in [1.82, 2.24) is 19.9 Å². The summed E-state index contributed by atoms with van der Waals surface area (Å²) in [6, 6.07) is 9.45. The zero-order valence-corrected chi connectivity index (χ0v) is 18.4. The number of nitrogens with one attached hydrogen (secondary N) is 2. The van der Waals surface area contributed by atoms with E-state index in [0.29, 0.717) is 22.2 Å². The molecule has 7 nitrogen and oxygen atoms in total. The largest absolute Gasteiger partial charge is 0.481 e. The van der Waals surface area contributed by atoms with Crippen LogP contribution in [0.5, 0.6) is 0 Å². The Kier molecular flexibility index (Phi) is 5.80. The second-order valence-electron chi connectivity index (χ2n) is 8.84. The molecule has 0 bridgehead atoms. The molecule has 3 N–H and O–H groups in total. The molecule has 0 spiro atoms. The molecule has 9 heteroatoms. The number of aromatic nitrogens is 4. The van der Waals surface area contributed by atoms with Crippen molar-refractivity contribution < 1.29 is 18.7 Å². The second-order valence-corrected chi connectivity index (χ2v) is 8.84. The van der Waals surface area contributed by atoms with E-state index in [4.69, 9.17) is 0 Å². The smallest absolute Gasteiger partial charge is 0.305 e. The van der Waals surface area contributed by atoms with Gasteiger partial charge >= 0.3 is 5.97 Å². The van der Waals surface area contributed by atoms with Crippen molar-refractivity contribution in [1.29, 1.82) is 0 Å². The zero-order chi connectivity index (χ0) is 23.8. The first kappa shape index (κ1) is 22.3. The number of H-pyrrole nitrogens is 1. The lowest BCUT2D eigenvalue weighted by atomic mass is 9.84. The lowest BCUT2D eigenvalue weighted by Crippen LogP contribution is -2.36. The molecular weight excluding hydrogens is 428 g/mol. The number of benzene rings is 1. The predicted molar refractivity (Wildman–Crippen MR) is 122 cm³/mol. The molecule has 4 rings (SSSR count). The second kappa shape index (κ2) is 8.57. The van der Waals surface area contributed by atoms with Crippen molar-refractivity contribution in [2.45, 2.75) is 33.2 Å². The zero-order valence-electron chi connectivity index (χ0n) is 18.4. The maximum atomic E-state index is 15.6. The van der Waals surface area contributed by atoms with Crippen LogP contribution >= 0.6 is 0 Å². The lowest BCUT2D eigenvalue weighted by molar-refractivity contribution is -0.137. The maximum absolute atomic E-state index is 15.6. The van der Waals surface area contributed by atoms with E-state index >= 15 is 4.39 Å². The number of halogens is 2. The Morgan fingerprint density at radius 2 is 1.91 bits per heavy atom. The van der Waals surface area contributed by atoms with E-state index in [-0.39, 0.29) is 23.8 Å². The number of hydrogen-bond acceptors (Lipinski definition) is 5. The van der Waals surface area contributed by atoms with Crippen LogP contribution in [-0.2, 0) is 4.79 Å². The van der Waals surface area contributed by atoms with Gasteiger partial charge in [0.1, 0.15) is 17.2 Å². The Morgan fingerprint density at radius 1 is 1.18 bits per heavy atom. The standard InChI is InChI=1S/C24H23F2N5O2/c1-24(2,3)17(10-18(32)33)29-23-19(26)20(13-7-5-4-6-8-13)30-22(31-23)16-12-28-21-15(16)9-14(25)11-27-21/h4-9,11-12,17H,10H2,1-3H3,(H,27,28)(H,32,33)(H,29,30,31)/t17-/m1/s1. The van der Waals surface area contributed by atoms with Gasteiger partial charge in [-0.05, 0) is 11.5 Å². The Morgan fingerprint density at radius 3 is 2.58 bits per heavy atom. The molecule has 1 atom stereocenters. The highest BCUT2D eigenvalue weighted by Gasteiger charge is 2.29. The summed E-state index contributed by atoms with van der Waals surface area (Å²) in [5, 5.41) is 12.8. The predicted octanol–water partition coefficient (Wildman–Crippen LogP) is 5.27. The molecule has 0 amide bonds. The van der Waals surface area contributed by atoms with Crippen LogP contribution in [0.15, 0.2) is 48.8 Å². The van der Waals surface area contributed by atoms with Crippen molar-refractivity contribution >= 4 is 22.8 Å². The fourth-order valence-electron chi connectivity index (χ4n) is 3.53. The molecular formula is C24H23F2N5O2. The average molecular weight is 451 g/mol. The van der Waals surface area contributed by atoms with Gasteiger partial charge in [0, 0.05) is 28.8 Å². The molecule has 1 aromatic carbocycles. The molecule has 0 aliphatic heterocycles. The number of hydrogen-bond donors (Lipinski definition) is 3. The maximum Gasteiger partial charge on any atom is 0.305 e. The van der Waals surface area contributed by atoms with E-state index in [2.05, 4.69) is 25.3 Å². The third kappa shape index (κ3) is 4.67. The van der Waals surface area contributed by atoms with E-state index in [9.17, 15) is 14.3 Å². The first-order chi connectivity index (χ1) is 15.6. The van der Waals surface area contributed by atoms with Crippen LogP contribution in [-0.4, -0.2) is 37.1 Å². The number of pyridine rings is 1. The van der Waals surface area contributed by atoms with E-state index in [1.165, 1.54) is 6.07 Å². The highest BCUT2D eigenvalue weighted by Crippen LogP contribution is 2.33. The Hall–Kier alpha value is -3.88. The molecule has 0 saturated carbocycles. The van der Waals surface area contributed by atoms with Gasteiger partial charge in [0.15, 0.2) is 17.5 Å². The Balaban J connectivity index is 1.91. The summed E-state index contributed by atoms with van der Waals surface area (Å²) in [6.07, 6.45) is 2.45.